The van der Waals surface area contributed by atoms with Crippen molar-refractivity contribution in [3.05, 3.63) is 63.6 Å². The molecule has 3 nitrogen and oxygen atoms in total. The van der Waals surface area contributed by atoms with E-state index >= 15 is 0 Å². The lowest BCUT2D eigenvalue weighted by atomic mass is 10.1. The van der Waals surface area contributed by atoms with Crippen molar-refractivity contribution in [3.8, 4) is 0 Å². The number of nitrogens with one attached hydrogen (secondary N) is 1. The first-order valence-corrected chi connectivity index (χ1v) is 6.86. The second-order valence-corrected chi connectivity index (χ2v) is 5.19. The largest absolute Gasteiger partial charge is 0.465 e. The molecule has 1 N–H and O–H groups in total. The standard InChI is InChI=1S/C15H12BrF2NO2/c1-21-15(20)12-5-4-11(17)7-14(12)19-8-9-2-3-10(16)6-13(9)18/h2-7,19H,8H2,1H3. The highest BCUT2D eigenvalue weighted by molar-refractivity contribution is 9.10. The van der Waals surface area contributed by atoms with E-state index in [0.29, 0.717) is 10.0 Å². The summed E-state index contributed by atoms with van der Waals surface area (Å²) in [6, 6.07) is 8.29. The van der Waals surface area contributed by atoms with Gasteiger partial charge in [0.15, 0.2) is 0 Å². The lowest BCUT2D eigenvalue weighted by Gasteiger charge is -2.11. The zero-order valence-electron chi connectivity index (χ0n) is 11.1. The van der Waals surface area contributed by atoms with E-state index in [1.54, 1.807) is 12.1 Å². The highest BCUT2D eigenvalue weighted by atomic mass is 79.9. The average Bonchev–Trinajstić information content (AvgIpc) is 2.45. The smallest absolute Gasteiger partial charge is 0.339 e. The molecule has 0 fully saturated rings. The average molecular weight is 356 g/mol. The number of benzene rings is 2. The van der Waals surface area contributed by atoms with Crippen LogP contribution in [0, 0.1) is 11.6 Å². The molecule has 2 aromatic rings. The van der Waals surface area contributed by atoms with E-state index in [-0.39, 0.29) is 17.8 Å². The molecule has 0 saturated heterocycles. The van der Waals surface area contributed by atoms with Crippen molar-refractivity contribution < 1.29 is 18.3 Å². The molecule has 0 atom stereocenters. The van der Waals surface area contributed by atoms with E-state index < -0.39 is 17.6 Å². The normalized spacial score (nSPS) is 10.3. The van der Waals surface area contributed by atoms with Crippen molar-refractivity contribution >= 4 is 27.6 Å². The van der Waals surface area contributed by atoms with Gasteiger partial charge in [-0.05, 0) is 30.3 Å². The van der Waals surface area contributed by atoms with Crippen LogP contribution in [0.5, 0.6) is 0 Å². The summed E-state index contributed by atoms with van der Waals surface area (Å²) < 4.78 is 32.3. The topological polar surface area (TPSA) is 38.3 Å². The third-order valence-corrected chi connectivity index (χ3v) is 3.36. The fourth-order valence-corrected chi connectivity index (χ4v) is 2.14. The molecule has 0 saturated carbocycles. The molecule has 0 unspecified atom stereocenters. The molecular weight excluding hydrogens is 344 g/mol. The fourth-order valence-electron chi connectivity index (χ4n) is 1.81. The van der Waals surface area contributed by atoms with Gasteiger partial charge in [0.1, 0.15) is 11.6 Å². The Kier molecular flexibility index (Phi) is 4.90. The molecule has 21 heavy (non-hydrogen) atoms. The first-order chi connectivity index (χ1) is 10.0. The molecule has 110 valence electrons. The predicted octanol–water partition coefficient (Wildman–Crippen LogP) is 4.13. The summed E-state index contributed by atoms with van der Waals surface area (Å²) in [5.74, 6) is -1.48. The van der Waals surface area contributed by atoms with E-state index in [9.17, 15) is 13.6 Å². The zero-order valence-corrected chi connectivity index (χ0v) is 12.7. The predicted molar refractivity (Wildman–Crippen MR) is 79.2 cm³/mol. The Morgan fingerprint density at radius 3 is 2.67 bits per heavy atom. The van der Waals surface area contributed by atoms with Crippen LogP contribution >= 0.6 is 15.9 Å². The van der Waals surface area contributed by atoms with Gasteiger partial charge in [0.05, 0.1) is 18.4 Å². The molecule has 0 aliphatic rings. The molecule has 0 aromatic heterocycles. The molecule has 6 heteroatoms. The van der Waals surface area contributed by atoms with Gasteiger partial charge < -0.3 is 10.1 Å². The Labute approximate surface area is 129 Å². The van der Waals surface area contributed by atoms with Crippen LogP contribution in [0.4, 0.5) is 14.5 Å². The molecule has 0 heterocycles. The van der Waals surface area contributed by atoms with Crippen molar-refractivity contribution in [3.63, 3.8) is 0 Å². The number of rotatable bonds is 4. The fraction of sp³-hybridized carbons (Fsp3) is 0.133. The maximum absolute atomic E-state index is 13.7. The van der Waals surface area contributed by atoms with Gasteiger partial charge in [-0.25, -0.2) is 13.6 Å². The molecular formula is C15H12BrF2NO2. The minimum Gasteiger partial charge on any atom is -0.465 e. The van der Waals surface area contributed by atoms with E-state index in [0.717, 1.165) is 6.07 Å². The van der Waals surface area contributed by atoms with Crippen LogP contribution < -0.4 is 5.32 Å². The summed E-state index contributed by atoms with van der Waals surface area (Å²) in [5.41, 5.74) is 0.846. The Morgan fingerprint density at radius 2 is 2.00 bits per heavy atom. The minimum absolute atomic E-state index is 0.118. The van der Waals surface area contributed by atoms with Gasteiger partial charge in [-0.1, -0.05) is 22.0 Å². The molecule has 0 bridgehead atoms. The summed E-state index contributed by atoms with van der Waals surface area (Å²) >= 11 is 3.17. The lowest BCUT2D eigenvalue weighted by molar-refractivity contribution is 0.0602. The summed E-state index contributed by atoms with van der Waals surface area (Å²) in [5, 5.41) is 2.85. The lowest BCUT2D eigenvalue weighted by Crippen LogP contribution is -2.09. The van der Waals surface area contributed by atoms with E-state index in [1.165, 1.54) is 25.3 Å². The van der Waals surface area contributed by atoms with Crippen molar-refractivity contribution in [1.29, 1.82) is 0 Å². The molecule has 0 spiro atoms. The second kappa shape index (κ2) is 6.67. The molecule has 0 radical (unpaired) electrons. The van der Waals surface area contributed by atoms with Crippen LogP contribution in [-0.2, 0) is 11.3 Å². The number of hydrogen-bond donors (Lipinski definition) is 1. The number of methoxy groups -OCH3 is 1. The summed E-state index contributed by atoms with van der Waals surface area (Å²) in [7, 11) is 1.24. The third-order valence-electron chi connectivity index (χ3n) is 2.87. The highest BCUT2D eigenvalue weighted by Gasteiger charge is 2.13. The third kappa shape index (κ3) is 3.78. The van der Waals surface area contributed by atoms with Crippen molar-refractivity contribution in [2.24, 2.45) is 0 Å². The van der Waals surface area contributed by atoms with Crippen LogP contribution in [0.1, 0.15) is 15.9 Å². The molecule has 0 amide bonds. The van der Waals surface area contributed by atoms with Crippen LogP contribution in [0.3, 0.4) is 0 Å². The number of hydrogen-bond acceptors (Lipinski definition) is 3. The summed E-state index contributed by atoms with van der Waals surface area (Å²) in [6.07, 6.45) is 0. The number of esters is 1. The molecule has 0 aliphatic carbocycles. The maximum atomic E-state index is 13.7. The van der Waals surface area contributed by atoms with Crippen molar-refractivity contribution in [1.82, 2.24) is 0 Å². The number of carbonyl (C=O) groups excluding carboxylic acids is 1. The Balaban J connectivity index is 2.23. The van der Waals surface area contributed by atoms with Crippen LogP contribution in [-0.4, -0.2) is 13.1 Å². The van der Waals surface area contributed by atoms with Crippen molar-refractivity contribution in [2.75, 3.05) is 12.4 Å². The summed E-state index contributed by atoms with van der Waals surface area (Å²) in [6.45, 7) is 0.118. The van der Waals surface area contributed by atoms with Crippen LogP contribution in [0.25, 0.3) is 0 Å². The minimum atomic E-state index is -0.589. The zero-order chi connectivity index (χ0) is 15.4. The van der Waals surface area contributed by atoms with Gasteiger partial charge in [-0.2, -0.15) is 0 Å². The SMILES string of the molecule is COC(=O)c1ccc(F)cc1NCc1ccc(Br)cc1F. The number of halogens is 3. The monoisotopic (exact) mass is 355 g/mol. The van der Waals surface area contributed by atoms with Crippen LogP contribution in [0.2, 0.25) is 0 Å². The maximum Gasteiger partial charge on any atom is 0.339 e. The summed E-state index contributed by atoms with van der Waals surface area (Å²) in [4.78, 5) is 11.6. The van der Waals surface area contributed by atoms with Gasteiger partial charge >= 0.3 is 5.97 Å². The Morgan fingerprint density at radius 1 is 1.24 bits per heavy atom. The first kappa shape index (κ1) is 15.4. The number of carbonyl (C=O) groups is 1. The Hall–Kier alpha value is -1.95. The molecule has 2 aromatic carbocycles. The van der Waals surface area contributed by atoms with Gasteiger partial charge in [-0.15, -0.1) is 0 Å². The van der Waals surface area contributed by atoms with Crippen molar-refractivity contribution in [2.45, 2.75) is 6.54 Å². The number of anilines is 1. The van der Waals surface area contributed by atoms with Gasteiger partial charge in [-0.3, -0.25) is 0 Å². The highest BCUT2D eigenvalue weighted by Crippen LogP contribution is 2.21. The van der Waals surface area contributed by atoms with Gasteiger partial charge in [0, 0.05) is 16.6 Å². The van der Waals surface area contributed by atoms with E-state index in [1.807, 2.05) is 0 Å². The number of ether oxygens (including phenoxy) is 1. The first-order valence-electron chi connectivity index (χ1n) is 6.07. The second-order valence-electron chi connectivity index (χ2n) is 4.27. The quantitative estimate of drug-likeness (QED) is 0.838. The molecule has 0 aliphatic heterocycles. The van der Waals surface area contributed by atoms with Crippen LogP contribution in [0.15, 0.2) is 40.9 Å². The van der Waals surface area contributed by atoms with E-state index in [2.05, 4.69) is 26.0 Å². The van der Waals surface area contributed by atoms with Gasteiger partial charge in [0.2, 0.25) is 0 Å². The van der Waals surface area contributed by atoms with Gasteiger partial charge in [0.25, 0.3) is 0 Å². The molecule has 2 rings (SSSR count). The van der Waals surface area contributed by atoms with E-state index in [4.69, 9.17) is 0 Å². The Bertz CT molecular complexity index is 677.